The van der Waals surface area contributed by atoms with Crippen molar-refractivity contribution in [1.29, 1.82) is 0 Å². The van der Waals surface area contributed by atoms with Crippen molar-refractivity contribution in [1.82, 2.24) is 4.31 Å². The molecule has 10 heteroatoms. The molecule has 0 aromatic heterocycles. The van der Waals surface area contributed by atoms with Crippen molar-refractivity contribution in [3.05, 3.63) is 54.1 Å². The van der Waals surface area contributed by atoms with Gasteiger partial charge in [0.05, 0.1) is 17.1 Å². The number of hydrogen-bond donors (Lipinski definition) is 2. The summed E-state index contributed by atoms with van der Waals surface area (Å²) < 4.78 is 38.4. The number of sulfonamides is 1. The van der Waals surface area contributed by atoms with E-state index in [0.29, 0.717) is 43.1 Å². The molecule has 2 aromatic rings. The Morgan fingerprint density at radius 2 is 1.68 bits per heavy atom. The van der Waals surface area contributed by atoms with Crippen LogP contribution in [0.25, 0.3) is 0 Å². The van der Waals surface area contributed by atoms with Gasteiger partial charge in [-0.05, 0) is 69.2 Å². The van der Waals surface area contributed by atoms with Crippen LogP contribution >= 0.6 is 0 Å². The maximum absolute atomic E-state index is 13.0. The van der Waals surface area contributed by atoms with Gasteiger partial charge in [0.15, 0.2) is 0 Å². The molecule has 0 radical (unpaired) electrons. The van der Waals surface area contributed by atoms with Crippen LogP contribution in [0.5, 0.6) is 0 Å². The van der Waals surface area contributed by atoms with Crippen LogP contribution < -0.4 is 10.6 Å². The highest BCUT2D eigenvalue weighted by atomic mass is 32.2. The van der Waals surface area contributed by atoms with Gasteiger partial charge in [0, 0.05) is 36.6 Å². The van der Waals surface area contributed by atoms with Crippen molar-refractivity contribution >= 4 is 33.2 Å². The smallest absolute Gasteiger partial charge is 0.255 e. The minimum absolute atomic E-state index is 0.158. The summed E-state index contributed by atoms with van der Waals surface area (Å²) in [6.45, 7) is 4.86. The Kier molecular flexibility index (Phi) is 7.32. The molecule has 9 nitrogen and oxygen atoms in total. The molecular formula is C24H29N3O6S. The minimum Gasteiger partial charge on any atom is -0.373 e. The van der Waals surface area contributed by atoms with Crippen LogP contribution in [0, 0.1) is 0 Å². The van der Waals surface area contributed by atoms with E-state index in [2.05, 4.69) is 10.6 Å². The van der Waals surface area contributed by atoms with Crippen molar-refractivity contribution in [2.75, 3.05) is 30.3 Å². The van der Waals surface area contributed by atoms with Gasteiger partial charge in [-0.1, -0.05) is 6.07 Å². The van der Waals surface area contributed by atoms with E-state index in [-0.39, 0.29) is 28.9 Å². The van der Waals surface area contributed by atoms with Gasteiger partial charge in [0.25, 0.3) is 11.8 Å². The van der Waals surface area contributed by atoms with Gasteiger partial charge in [-0.25, -0.2) is 8.42 Å². The predicted octanol–water partition coefficient (Wildman–Crippen LogP) is 2.85. The molecule has 0 bridgehead atoms. The number of carbonyl (C=O) groups is 2. The number of hydrogen-bond acceptors (Lipinski definition) is 6. The van der Waals surface area contributed by atoms with Crippen LogP contribution in [0.1, 0.15) is 37.0 Å². The molecule has 3 atom stereocenters. The largest absolute Gasteiger partial charge is 0.373 e. The number of nitrogens with one attached hydrogen (secondary N) is 2. The molecule has 2 aromatic carbocycles. The number of nitrogens with zero attached hydrogens (tertiary/aromatic N) is 1. The Labute approximate surface area is 199 Å². The monoisotopic (exact) mass is 487 g/mol. The van der Waals surface area contributed by atoms with Crippen molar-refractivity contribution in [3.8, 4) is 0 Å². The zero-order valence-electron chi connectivity index (χ0n) is 19.2. The highest BCUT2D eigenvalue weighted by Crippen LogP contribution is 2.23. The van der Waals surface area contributed by atoms with Crippen molar-refractivity contribution in [2.45, 2.75) is 49.9 Å². The molecule has 2 fully saturated rings. The molecule has 0 spiro atoms. The van der Waals surface area contributed by atoms with E-state index in [0.717, 1.165) is 6.42 Å². The van der Waals surface area contributed by atoms with Gasteiger partial charge in [0.1, 0.15) is 6.10 Å². The number of amides is 2. The Morgan fingerprint density at radius 1 is 0.971 bits per heavy atom. The van der Waals surface area contributed by atoms with Gasteiger partial charge < -0.3 is 20.1 Å². The molecule has 2 N–H and O–H groups in total. The number of benzene rings is 2. The average molecular weight is 488 g/mol. The van der Waals surface area contributed by atoms with Gasteiger partial charge in [0.2, 0.25) is 10.0 Å². The molecule has 2 aliphatic rings. The zero-order valence-corrected chi connectivity index (χ0v) is 20.0. The molecule has 0 aliphatic carbocycles. The third kappa shape index (κ3) is 5.64. The standard InChI is InChI=1S/C24H29N3O6S/c1-16-14-27(15-17(2)33-16)34(30,31)21-10-8-19(9-11-21)25-23(28)18-5-3-6-20(13-18)26-24(29)22-7-4-12-32-22/h3,5-6,8-11,13,16-17,22H,4,7,12,14-15H2,1-2H3,(H,25,28)(H,26,29). The summed E-state index contributed by atoms with van der Waals surface area (Å²) >= 11 is 0. The van der Waals surface area contributed by atoms with Crippen LogP contribution in [0.3, 0.4) is 0 Å². The third-order valence-corrected chi connectivity index (χ3v) is 7.60. The second-order valence-corrected chi connectivity index (χ2v) is 10.6. The molecule has 2 heterocycles. The first-order valence-electron chi connectivity index (χ1n) is 11.3. The van der Waals surface area contributed by atoms with Gasteiger partial charge in [-0.2, -0.15) is 4.31 Å². The van der Waals surface area contributed by atoms with Crippen LogP contribution in [0.4, 0.5) is 11.4 Å². The fourth-order valence-corrected chi connectivity index (χ4v) is 5.73. The molecule has 0 saturated carbocycles. The Hall–Kier alpha value is -2.79. The molecule has 2 amide bonds. The number of anilines is 2. The maximum atomic E-state index is 13.0. The minimum atomic E-state index is -3.66. The third-order valence-electron chi connectivity index (χ3n) is 5.75. The topological polar surface area (TPSA) is 114 Å². The lowest BCUT2D eigenvalue weighted by Crippen LogP contribution is -2.48. The molecule has 3 unspecified atom stereocenters. The highest BCUT2D eigenvalue weighted by Gasteiger charge is 2.32. The SMILES string of the molecule is CC1CN(S(=O)(=O)c2ccc(NC(=O)c3cccc(NC(=O)C4CCCO4)c3)cc2)CC(C)O1. The van der Waals surface area contributed by atoms with Crippen LogP contribution in [0.15, 0.2) is 53.4 Å². The number of ether oxygens (including phenoxy) is 2. The first kappa shape index (κ1) is 24.3. The molecule has 2 saturated heterocycles. The van der Waals surface area contributed by atoms with E-state index in [1.54, 1.807) is 36.4 Å². The first-order chi connectivity index (χ1) is 16.2. The lowest BCUT2D eigenvalue weighted by molar-refractivity contribution is -0.124. The summed E-state index contributed by atoms with van der Waals surface area (Å²) in [5.41, 5.74) is 1.32. The summed E-state index contributed by atoms with van der Waals surface area (Å²) in [6, 6.07) is 12.7. The summed E-state index contributed by atoms with van der Waals surface area (Å²) in [5.74, 6) is -0.601. The van der Waals surface area contributed by atoms with Gasteiger partial charge >= 0.3 is 0 Å². The van der Waals surface area contributed by atoms with Crippen molar-refractivity contribution < 1.29 is 27.5 Å². The average Bonchev–Trinajstić information content (AvgIpc) is 3.34. The van der Waals surface area contributed by atoms with Crippen molar-refractivity contribution in [2.24, 2.45) is 0 Å². The Morgan fingerprint density at radius 3 is 2.32 bits per heavy atom. The lowest BCUT2D eigenvalue weighted by atomic mass is 10.1. The van der Waals surface area contributed by atoms with E-state index in [4.69, 9.17) is 9.47 Å². The maximum Gasteiger partial charge on any atom is 0.255 e. The van der Waals surface area contributed by atoms with E-state index >= 15 is 0 Å². The van der Waals surface area contributed by atoms with Crippen LogP contribution in [-0.2, 0) is 24.3 Å². The number of carbonyl (C=O) groups excluding carboxylic acids is 2. The van der Waals surface area contributed by atoms with E-state index in [9.17, 15) is 18.0 Å². The highest BCUT2D eigenvalue weighted by molar-refractivity contribution is 7.89. The van der Waals surface area contributed by atoms with Crippen LogP contribution in [0.2, 0.25) is 0 Å². The van der Waals surface area contributed by atoms with Crippen molar-refractivity contribution in [3.63, 3.8) is 0 Å². The van der Waals surface area contributed by atoms with Gasteiger partial charge in [-0.3, -0.25) is 9.59 Å². The molecule has 34 heavy (non-hydrogen) atoms. The number of rotatable bonds is 6. The number of morpholine rings is 1. The summed E-state index contributed by atoms with van der Waals surface area (Å²) in [7, 11) is -3.66. The van der Waals surface area contributed by atoms with E-state index < -0.39 is 16.1 Å². The molecular weight excluding hydrogens is 458 g/mol. The summed E-state index contributed by atoms with van der Waals surface area (Å²) in [4.78, 5) is 25.1. The second kappa shape index (κ2) is 10.2. The second-order valence-electron chi connectivity index (χ2n) is 8.63. The Balaban J connectivity index is 1.40. The van der Waals surface area contributed by atoms with Gasteiger partial charge in [-0.15, -0.1) is 0 Å². The van der Waals surface area contributed by atoms with E-state index in [1.807, 2.05) is 13.8 Å². The predicted molar refractivity (Wildman–Crippen MR) is 127 cm³/mol. The zero-order chi connectivity index (χ0) is 24.3. The van der Waals surface area contributed by atoms with E-state index in [1.165, 1.54) is 16.4 Å². The summed E-state index contributed by atoms with van der Waals surface area (Å²) in [6.07, 6.45) is 0.718. The van der Waals surface area contributed by atoms with Crippen LogP contribution in [-0.4, -0.2) is 62.5 Å². The molecule has 2 aliphatic heterocycles. The summed E-state index contributed by atoms with van der Waals surface area (Å²) in [5, 5.41) is 5.54. The normalized spacial score (nSPS) is 23.4. The Bertz CT molecular complexity index is 1140. The quantitative estimate of drug-likeness (QED) is 0.648. The molecule has 182 valence electrons. The lowest BCUT2D eigenvalue weighted by Gasteiger charge is -2.34. The molecule has 4 rings (SSSR count). The first-order valence-corrected chi connectivity index (χ1v) is 12.8. The fraction of sp³-hybridized carbons (Fsp3) is 0.417. The fourth-order valence-electron chi connectivity index (χ4n) is 4.13.